The van der Waals surface area contributed by atoms with E-state index in [0.29, 0.717) is 24.5 Å². The molecule has 2 fully saturated rings. The summed E-state index contributed by atoms with van der Waals surface area (Å²) in [5, 5.41) is 5.57. The number of pyridine rings is 2. The maximum Gasteiger partial charge on any atom is 0.325 e. The number of carbonyl (C=O) groups is 3. The normalized spacial score (nSPS) is 22.3. The lowest BCUT2D eigenvalue weighted by Crippen LogP contribution is -2.51. The molecule has 0 aromatic carbocycles. The van der Waals surface area contributed by atoms with E-state index in [-0.39, 0.29) is 30.3 Å². The SMILES string of the molecule is CCC(C)(C)C1CCC2(CC1)NC(=O)N(CC(=O)Nc1ncccc1OCc1ccncc1)C2=O. The molecular formula is C26H33N5O4. The molecule has 0 unspecified atom stereocenters. The minimum Gasteiger partial charge on any atom is -0.485 e. The van der Waals surface area contributed by atoms with Gasteiger partial charge in [-0.3, -0.25) is 19.5 Å². The summed E-state index contributed by atoms with van der Waals surface area (Å²) in [5.74, 6) is 0.299. The van der Waals surface area contributed by atoms with Crippen LogP contribution in [0.5, 0.6) is 5.75 Å². The van der Waals surface area contributed by atoms with E-state index >= 15 is 0 Å². The lowest BCUT2D eigenvalue weighted by molar-refractivity contribution is -0.135. The van der Waals surface area contributed by atoms with Gasteiger partial charge in [-0.25, -0.2) is 9.78 Å². The Morgan fingerprint density at radius 2 is 1.91 bits per heavy atom. The van der Waals surface area contributed by atoms with E-state index < -0.39 is 17.5 Å². The Labute approximate surface area is 205 Å². The van der Waals surface area contributed by atoms with Crippen molar-refractivity contribution in [2.75, 3.05) is 11.9 Å². The summed E-state index contributed by atoms with van der Waals surface area (Å²) in [6.07, 6.45) is 8.89. The molecule has 2 aromatic rings. The molecule has 4 rings (SSSR count). The molecule has 186 valence electrons. The number of rotatable bonds is 8. The molecule has 2 N–H and O–H groups in total. The number of hydrogen-bond acceptors (Lipinski definition) is 6. The molecule has 1 saturated carbocycles. The number of nitrogens with one attached hydrogen (secondary N) is 2. The van der Waals surface area contributed by atoms with Crippen LogP contribution in [-0.2, 0) is 16.2 Å². The quantitative estimate of drug-likeness (QED) is 0.555. The molecule has 9 nitrogen and oxygen atoms in total. The predicted octanol–water partition coefficient (Wildman–Crippen LogP) is 3.91. The fourth-order valence-electron chi connectivity index (χ4n) is 4.90. The van der Waals surface area contributed by atoms with Crippen LogP contribution in [-0.4, -0.2) is 44.8 Å². The van der Waals surface area contributed by atoms with Crippen molar-refractivity contribution in [1.82, 2.24) is 20.2 Å². The largest absolute Gasteiger partial charge is 0.485 e. The number of hydrogen-bond donors (Lipinski definition) is 2. The average molecular weight is 480 g/mol. The lowest BCUT2D eigenvalue weighted by atomic mass is 9.65. The van der Waals surface area contributed by atoms with Crippen LogP contribution >= 0.6 is 0 Å². The van der Waals surface area contributed by atoms with E-state index in [1.807, 2.05) is 12.1 Å². The molecule has 1 spiro atoms. The van der Waals surface area contributed by atoms with Crippen molar-refractivity contribution in [1.29, 1.82) is 0 Å². The van der Waals surface area contributed by atoms with E-state index in [2.05, 4.69) is 41.4 Å². The summed E-state index contributed by atoms with van der Waals surface area (Å²) in [5.41, 5.74) is 0.219. The standard InChI is InChI=1S/C26H33N5O4/c1-4-25(2,3)19-7-11-26(12-8-19)23(33)31(24(34)30-26)16-21(32)29-22-20(6-5-13-28-22)35-17-18-9-14-27-15-10-18/h5-6,9-10,13-15,19H,4,7-8,11-12,16-17H2,1-3H3,(H,30,34)(H,28,29,32). The number of aromatic nitrogens is 2. The molecule has 2 aliphatic rings. The molecule has 35 heavy (non-hydrogen) atoms. The van der Waals surface area contributed by atoms with E-state index in [9.17, 15) is 14.4 Å². The Morgan fingerprint density at radius 1 is 1.20 bits per heavy atom. The van der Waals surface area contributed by atoms with Gasteiger partial charge in [0.05, 0.1) is 0 Å². The number of ether oxygens (including phenoxy) is 1. The van der Waals surface area contributed by atoms with Crippen molar-refractivity contribution >= 4 is 23.7 Å². The highest BCUT2D eigenvalue weighted by molar-refractivity contribution is 6.10. The molecule has 2 aromatic heterocycles. The van der Waals surface area contributed by atoms with Crippen LogP contribution in [0.2, 0.25) is 0 Å². The van der Waals surface area contributed by atoms with Crippen LogP contribution in [0.4, 0.5) is 10.6 Å². The van der Waals surface area contributed by atoms with Crippen LogP contribution in [0.3, 0.4) is 0 Å². The van der Waals surface area contributed by atoms with Crippen LogP contribution in [0.1, 0.15) is 58.4 Å². The van der Waals surface area contributed by atoms with E-state index in [1.54, 1.807) is 24.5 Å². The van der Waals surface area contributed by atoms with E-state index in [0.717, 1.165) is 29.7 Å². The van der Waals surface area contributed by atoms with Gasteiger partial charge in [-0.1, -0.05) is 27.2 Å². The Balaban J connectivity index is 1.37. The minimum absolute atomic E-state index is 0.201. The molecule has 1 saturated heterocycles. The Kier molecular flexibility index (Phi) is 7.05. The second-order valence-corrected chi connectivity index (χ2v) is 10.1. The van der Waals surface area contributed by atoms with Crippen molar-refractivity contribution in [2.45, 2.75) is 65.0 Å². The topological polar surface area (TPSA) is 114 Å². The zero-order valence-corrected chi connectivity index (χ0v) is 20.5. The van der Waals surface area contributed by atoms with Gasteiger partial charge in [0.15, 0.2) is 11.6 Å². The second-order valence-electron chi connectivity index (χ2n) is 10.1. The van der Waals surface area contributed by atoms with Gasteiger partial charge in [0.2, 0.25) is 5.91 Å². The molecule has 1 aliphatic carbocycles. The average Bonchev–Trinajstić information content (AvgIpc) is 3.08. The first kappa shape index (κ1) is 24.6. The lowest BCUT2D eigenvalue weighted by Gasteiger charge is -2.42. The van der Waals surface area contributed by atoms with Gasteiger partial charge in [0, 0.05) is 18.6 Å². The van der Waals surface area contributed by atoms with Crippen molar-refractivity contribution < 1.29 is 19.1 Å². The summed E-state index contributed by atoms with van der Waals surface area (Å²) < 4.78 is 5.81. The second kappa shape index (κ2) is 10.0. The molecular weight excluding hydrogens is 446 g/mol. The van der Waals surface area contributed by atoms with Crippen LogP contribution in [0, 0.1) is 11.3 Å². The van der Waals surface area contributed by atoms with Crippen LogP contribution in [0.25, 0.3) is 0 Å². The third kappa shape index (κ3) is 5.28. The van der Waals surface area contributed by atoms with Gasteiger partial charge >= 0.3 is 6.03 Å². The predicted molar refractivity (Wildman–Crippen MR) is 130 cm³/mol. The zero-order chi connectivity index (χ0) is 25.1. The summed E-state index contributed by atoms with van der Waals surface area (Å²) in [4.78, 5) is 47.9. The number of nitrogens with zero attached hydrogens (tertiary/aromatic N) is 3. The fourth-order valence-corrected chi connectivity index (χ4v) is 4.90. The summed E-state index contributed by atoms with van der Waals surface area (Å²) in [6.45, 7) is 6.60. The van der Waals surface area contributed by atoms with Crippen molar-refractivity contribution in [2.24, 2.45) is 11.3 Å². The molecule has 1 aliphatic heterocycles. The van der Waals surface area contributed by atoms with Crippen LogP contribution < -0.4 is 15.4 Å². The first-order chi connectivity index (χ1) is 16.7. The van der Waals surface area contributed by atoms with Crippen LogP contribution in [0.15, 0.2) is 42.9 Å². The highest BCUT2D eigenvalue weighted by atomic mass is 16.5. The maximum absolute atomic E-state index is 13.3. The maximum atomic E-state index is 13.3. The summed E-state index contributed by atoms with van der Waals surface area (Å²) in [6, 6.07) is 6.54. The third-order valence-electron chi connectivity index (χ3n) is 7.58. The van der Waals surface area contributed by atoms with Crippen molar-refractivity contribution in [3.8, 4) is 5.75 Å². The van der Waals surface area contributed by atoms with Gasteiger partial charge in [0.25, 0.3) is 5.91 Å². The van der Waals surface area contributed by atoms with Gasteiger partial charge in [-0.05, 0) is 66.8 Å². The summed E-state index contributed by atoms with van der Waals surface area (Å²) in [7, 11) is 0. The molecule has 0 bridgehead atoms. The smallest absolute Gasteiger partial charge is 0.325 e. The Bertz CT molecular complexity index is 1080. The molecule has 9 heteroatoms. The number of imide groups is 1. The molecule has 0 atom stereocenters. The van der Waals surface area contributed by atoms with Gasteiger partial charge < -0.3 is 15.4 Å². The Hall–Kier alpha value is -3.49. The number of urea groups is 1. The number of carbonyl (C=O) groups excluding carboxylic acids is 3. The zero-order valence-electron chi connectivity index (χ0n) is 20.5. The first-order valence-electron chi connectivity index (χ1n) is 12.1. The van der Waals surface area contributed by atoms with Gasteiger partial charge in [0.1, 0.15) is 18.7 Å². The number of amides is 4. The molecule has 0 radical (unpaired) electrons. The highest BCUT2D eigenvalue weighted by Crippen LogP contribution is 2.45. The monoisotopic (exact) mass is 479 g/mol. The highest BCUT2D eigenvalue weighted by Gasteiger charge is 2.53. The third-order valence-corrected chi connectivity index (χ3v) is 7.58. The van der Waals surface area contributed by atoms with E-state index in [1.165, 1.54) is 6.20 Å². The number of anilines is 1. The molecule has 3 heterocycles. The molecule has 4 amide bonds. The Morgan fingerprint density at radius 3 is 2.60 bits per heavy atom. The van der Waals surface area contributed by atoms with Gasteiger partial charge in [-0.15, -0.1) is 0 Å². The first-order valence-corrected chi connectivity index (χ1v) is 12.1. The summed E-state index contributed by atoms with van der Waals surface area (Å²) >= 11 is 0. The van der Waals surface area contributed by atoms with Crippen molar-refractivity contribution in [3.63, 3.8) is 0 Å². The minimum atomic E-state index is -0.901. The van der Waals surface area contributed by atoms with E-state index in [4.69, 9.17) is 4.74 Å². The van der Waals surface area contributed by atoms with Gasteiger partial charge in [-0.2, -0.15) is 0 Å². The van der Waals surface area contributed by atoms with Crippen molar-refractivity contribution in [3.05, 3.63) is 48.4 Å². The fraction of sp³-hybridized carbons (Fsp3) is 0.500.